The molecule has 2 aliphatic rings. The molecule has 27 heteroatoms. The van der Waals surface area contributed by atoms with Crippen LogP contribution in [0.4, 0.5) is 20.3 Å². The van der Waals surface area contributed by atoms with E-state index >= 15 is 8.78 Å². The minimum atomic E-state index is -3.87. The van der Waals surface area contributed by atoms with E-state index < -0.39 is 56.9 Å². The zero-order chi connectivity index (χ0) is 63.7. The van der Waals surface area contributed by atoms with Crippen molar-refractivity contribution in [2.75, 3.05) is 108 Å². The number of hydrogen-bond acceptors (Lipinski definition) is 18. The van der Waals surface area contributed by atoms with Crippen LogP contribution in [0.5, 0.6) is 0 Å². The fraction of sp³-hybridized carbons (Fsp3) is 0.516. The first-order chi connectivity index (χ1) is 42.7. The van der Waals surface area contributed by atoms with E-state index in [0.29, 0.717) is 100.0 Å². The zero-order valence-electron chi connectivity index (χ0n) is 51.3. The molecule has 0 bridgehead atoms. The molecule has 0 spiro atoms. The third kappa shape index (κ3) is 18.5. The van der Waals surface area contributed by atoms with E-state index in [9.17, 15) is 32.7 Å². The predicted octanol–water partition coefficient (Wildman–Crippen LogP) is 6.44. The van der Waals surface area contributed by atoms with Crippen LogP contribution in [-0.4, -0.2) is 194 Å². The van der Waals surface area contributed by atoms with Crippen LogP contribution in [0.15, 0.2) is 79.0 Å². The summed E-state index contributed by atoms with van der Waals surface area (Å²) >= 11 is 1.56. The summed E-state index contributed by atoms with van der Waals surface area (Å²) in [5.74, 6) is -2.82. The lowest BCUT2D eigenvalue weighted by Crippen LogP contribution is -2.57. The number of β-amino-alcohol motifs (C(OH)–C–C–N with tert-alkyl or cyclic N) is 1. The number of rotatable bonds is 32. The standard InChI is InChI=1S/C62H81F2N11O12S2/c1-7-32-89(81,82)71-49-13-12-48(63)57(55(49)64)74-38-47(44-35-65-39-66-36-44)56-50(74)14-15-52(69-56)72(6)45-16-20-73(21-17-45)54(78)19-23-84-25-27-86-29-31-87-30-28-85-26-24-83-22-18-53(77)70-59(62(3,4)5)61(80)75-37-46(76)33-51(75)60(79)67-34-42-8-10-43(11-9-42)58-41(2)68-40-88-58/h8-15,35-36,38-40,45-46,51,59,71,76H,7,16-34,37H2,1-6H3,(H,67,79)(H,70,77). The van der Waals surface area contributed by atoms with E-state index in [0.717, 1.165) is 33.8 Å². The number of likely N-dealkylation sites (tertiary alicyclic amines) is 2. The molecule has 3 unspecified atom stereocenters. The number of ether oxygens (including phenoxy) is 5. The molecule has 0 radical (unpaired) electrons. The number of anilines is 2. The average Bonchev–Trinajstić information content (AvgIpc) is 1.77. The number of aliphatic hydroxyl groups excluding tert-OH is 1. The number of fused-ring (bicyclic) bond motifs is 1. The normalized spacial score (nSPS) is 16.0. The first kappa shape index (κ1) is 67.8. The molecule has 0 aliphatic carbocycles. The second kappa shape index (κ2) is 32.1. The number of hydrogen-bond donors (Lipinski definition) is 4. The molecule has 2 saturated heterocycles. The first-order valence-corrected chi connectivity index (χ1v) is 32.5. The van der Waals surface area contributed by atoms with Crippen LogP contribution >= 0.6 is 11.3 Å². The number of carbonyl (C=O) groups is 4. The van der Waals surface area contributed by atoms with Gasteiger partial charge in [0, 0.05) is 81.8 Å². The lowest BCUT2D eigenvalue weighted by molar-refractivity contribution is -0.144. The van der Waals surface area contributed by atoms with Gasteiger partial charge in [0.05, 0.1) is 117 Å². The third-order valence-electron chi connectivity index (χ3n) is 15.4. The van der Waals surface area contributed by atoms with Gasteiger partial charge in [0.25, 0.3) is 0 Å². The number of amides is 4. The number of carbonyl (C=O) groups excluding carboxylic acids is 4. The largest absolute Gasteiger partial charge is 0.391 e. The molecular weight excluding hydrogens is 1190 g/mol. The van der Waals surface area contributed by atoms with Gasteiger partial charge in [-0.05, 0) is 67.0 Å². The van der Waals surface area contributed by atoms with Crippen molar-refractivity contribution in [2.24, 2.45) is 5.41 Å². The van der Waals surface area contributed by atoms with Gasteiger partial charge in [0.15, 0.2) is 5.82 Å². The summed E-state index contributed by atoms with van der Waals surface area (Å²) in [7, 11) is -1.95. The van der Waals surface area contributed by atoms with Crippen LogP contribution < -0.4 is 20.3 Å². The minimum absolute atomic E-state index is 0.00176. The van der Waals surface area contributed by atoms with Crippen LogP contribution in [0.1, 0.15) is 77.5 Å². The number of pyridine rings is 1. The number of sulfonamides is 1. The van der Waals surface area contributed by atoms with Crippen LogP contribution in [-0.2, 0) is 59.4 Å². The molecule has 89 heavy (non-hydrogen) atoms. The van der Waals surface area contributed by atoms with Crippen molar-refractivity contribution in [3.63, 3.8) is 0 Å². The van der Waals surface area contributed by atoms with Crippen molar-refractivity contribution in [2.45, 2.75) is 104 Å². The number of benzene rings is 2. The van der Waals surface area contributed by atoms with Gasteiger partial charge >= 0.3 is 0 Å². The van der Waals surface area contributed by atoms with E-state index in [1.165, 1.54) is 22.0 Å². The van der Waals surface area contributed by atoms with Gasteiger partial charge in [-0.3, -0.25) is 23.9 Å². The summed E-state index contributed by atoms with van der Waals surface area (Å²) in [6.07, 6.45) is 7.15. The summed E-state index contributed by atoms with van der Waals surface area (Å²) in [5, 5.41) is 16.3. The maximum atomic E-state index is 16.1. The number of aryl methyl sites for hydroxylation is 1. The number of nitrogens with zero attached hydrogens (tertiary/aromatic N) is 8. The summed E-state index contributed by atoms with van der Waals surface area (Å²) in [4.78, 5) is 77.5. The molecule has 2 fully saturated rings. The van der Waals surface area contributed by atoms with E-state index in [-0.39, 0.29) is 94.0 Å². The van der Waals surface area contributed by atoms with Crippen molar-refractivity contribution < 1.29 is 65.2 Å². The molecule has 2 aromatic carbocycles. The molecule has 2 aliphatic heterocycles. The summed E-state index contributed by atoms with van der Waals surface area (Å²) in [6, 6.07) is 11.6. The predicted molar refractivity (Wildman–Crippen MR) is 333 cm³/mol. The number of nitrogens with one attached hydrogen (secondary N) is 3. The molecule has 4 N–H and O–H groups in total. The molecule has 482 valence electrons. The summed E-state index contributed by atoms with van der Waals surface area (Å²) < 4.78 is 88.4. The lowest BCUT2D eigenvalue weighted by Gasteiger charge is -2.37. The van der Waals surface area contributed by atoms with Crippen LogP contribution in [0.25, 0.3) is 38.3 Å². The first-order valence-electron chi connectivity index (χ1n) is 29.9. The van der Waals surface area contributed by atoms with Gasteiger partial charge in [-0.2, -0.15) is 0 Å². The Balaban J connectivity index is 0.656. The zero-order valence-corrected chi connectivity index (χ0v) is 52.9. The van der Waals surface area contributed by atoms with Gasteiger partial charge in [-0.1, -0.05) is 52.0 Å². The van der Waals surface area contributed by atoms with Gasteiger partial charge in [-0.15, -0.1) is 11.3 Å². The molecule has 0 saturated carbocycles. The number of aliphatic hydroxyl groups is 1. The monoisotopic (exact) mass is 1270 g/mol. The molecule has 23 nitrogen and oxygen atoms in total. The Morgan fingerprint density at radius 1 is 0.843 bits per heavy atom. The van der Waals surface area contributed by atoms with Gasteiger partial charge < -0.3 is 58.7 Å². The summed E-state index contributed by atoms with van der Waals surface area (Å²) in [5.41, 5.74) is 5.00. The Bertz CT molecular complexity index is 3440. The molecular formula is C62H81F2N11O12S2. The maximum Gasteiger partial charge on any atom is 0.246 e. The van der Waals surface area contributed by atoms with Crippen molar-refractivity contribution >= 4 is 67.5 Å². The minimum Gasteiger partial charge on any atom is -0.391 e. The topological polar surface area (TPSA) is 271 Å². The highest BCUT2D eigenvalue weighted by Crippen LogP contribution is 2.37. The second-order valence-corrected chi connectivity index (χ2v) is 25.7. The number of halogens is 2. The smallest absolute Gasteiger partial charge is 0.246 e. The number of thiazole rings is 1. The molecule has 8 rings (SSSR count). The Morgan fingerprint density at radius 2 is 1.47 bits per heavy atom. The highest BCUT2D eigenvalue weighted by Gasteiger charge is 2.44. The summed E-state index contributed by atoms with van der Waals surface area (Å²) in [6.45, 7) is 13.3. The Morgan fingerprint density at radius 3 is 2.08 bits per heavy atom. The average molecular weight is 1270 g/mol. The molecule has 4 aromatic heterocycles. The fourth-order valence-corrected chi connectivity index (χ4v) is 12.6. The number of piperidine rings is 1. The Kier molecular flexibility index (Phi) is 24.4. The van der Waals surface area contributed by atoms with Crippen molar-refractivity contribution in [3.8, 4) is 27.3 Å². The Hall–Kier alpha value is -7.11. The van der Waals surface area contributed by atoms with Crippen LogP contribution in [0.3, 0.4) is 0 Å². The highest BCUT2D eigenvalue weighted by molar-refractivity contribution is 7.92. The highest BCUT2D eigenvalue weighted by atomic mass is 32.2. The second-order valence-electron chi connectivity index (χ2n) is 23.0. The molecule has 3 atom stereocenters. The van der Waals surface area contributed by atoms with Gasteiger partial charge in [0.2, 0.25) is 33.7 Å². The van der Waals surface area contributed by atoms with E-state index in [4.69, 9.17) is 28.7 Å². The van der Waals surface area contributed by atoms with Crippen LogP contribution in [0.2, 0.25) is 0 Å². The van der Waals surface area contributed by atoms with E-state index in [2.05, 4.69) is 30.3 Å². The van der Waals surface area contributed by atoms with Crippen molar-refractivity contribution in [1.29, 1.82) is 0 Å². The van der Waals surface area contributed by atoms with Crippen LogP contribution in [0, 0.1) is 24.0 Å². The SMILES string of the molecule is CCCS(=O)(=O)Nc1ccc(F)c(-n2cc(-c3cncnc3)c3nc(N(C)C4CCN(C(=O)CCOCCOCCOCCOCCOCCC(=O)NC(C(=O)N5CC(O)CC5C(=O)NCc5ccc(-c6scnc6C)cc5)C(C)(C)C)CC4)ccc32)c1F. The lowest BCUT2D eigenvalue weighted by atomic mass is 9.85. The van der Waals surface area contributed by atoms with Gasteiger partial charge in [0.1, 0.15) is 35.7 Å². The fourth-order valence-electron chi connectivity index (χ4n) is 10.6. The Labute approximate surface area is 521 Å². The van der Waals surface area contributed by atoms with Crippen molar-refractivity contribution in [1.82, 2.24) is 44.9 Å². The quantitative estimate of drug-likeness (QED) is 0.0331. The number of aromatic nitrogens is 5. The maximum absolute atomic E-state index is 16.1. The van der Waals surface area contributed by atoms with Gasteiger partial charge in [-0.25, -0.2) is 37.1 Å². The van der Waals surface area contributed by atoms with E-state index in [1.54, 1.807) is 48.3 Å². The molecule has 4 amide bonds. The molecule has 6 heterocycles. The van der Waals surface area contributed by atoms with Crippen molar-refractivity contribution in [3.05, 3.63) is 102 Å². The van der Waals surface area contributed by atoms with E-state index in [1.807, 2.05) is 68.8 Å². The third-order valence-corrected chi connectivity index (χ3v) is 17.9. The molecule has 6 aromatic rings.